The highest BCUT2D eigenvalue weighted by molar-refractivity contribution is 7.89. The second-order valence-corrected chi connectivity index (χ2v) is 7.61. The van der Waals surface area contributed by atoms with E-state index in [0.29, 0.717) is 23.9 Å². The van der Waals surface area contributed by atoms with E-state index in [2.05, 4.69) is 5.32 Å². The Morgan fingerprint density at radius 1 is 1.11 bits per heavy atom. The molecule has 1 N–H and O–H groups in total. The molecule has 0 radical (unpaired) electrons. The average Bonchev–Trinajstić information content (AvgIpc) is 2.66. The van der Waals surface area contributed by atoms with E-state index >= 15 is 0 Å². The molecule has 0 amide bonds. The summed E-state index contributed by atoms with van der Waals surface area (Å²) in [5.74, 6) is -4.49. The van der Waals surface area contributed by atoms with Gasteiger partial charge in [-0.05, 0) is 18.2 Å². The monoisotopic (exact) mass is 422 g/mol. The van der Waals surface area contributed by atoms with Crippen LogP contribution < -0.4 is 10.1 Å². The Morgan fingerprint density at radius 3 is 2.52 bits per heavy atom. The number of hydrogen-bond donors (Lipinski definition) is 1. The van der Waals surface area contributed by atoms with Gasteiger partial charge in [0.25, 0.3) is 0 Å². The van der Waals surface area contributed by atoms with Crippen LogP contribution in [0.2, 0.25) is 0 Å². The molecule has 0 bridgehead atoms. The summed E-state index contributed by atoms with van der Waals surface area (Å²) in [6.45, 7) is 0.657. The molecule has 10 heteroatoms. The van der Waals surface area contributed by atoms with Crippen molar-refractivity contribution in [3.05, 3.63) is 59.4 Å². The number of nitrogens with zero attached hydrogens (tertiary/aromatic N) is 1. The highest BCUT2D eigenvalue weighted by Gasteiger charge is 2.38. The van der Waals surface area contributed by atoms with Crippen LogP contribution in [0.1, 0.15) is 11.6 Å². The summed E-state index contributed by atoms with van der Waals surface area (Å²) in [4.78, 5) is -0.891. The van der Waals surface area contributed by atoms with Crippen LogP contribution >= 0.6 is 12.4 Å². The van der Waals surface area contributed by atoms with Crippen molar-refractivity contribution in [2.75, 3.05) is 26.7 Å². The molecule has 27 heavy (non-hydrogen) atoms. The van der Waals surface area contributed by atoms with Gasteiger partial charge in [0.1, 0.15) is 10.6 Å². The Hall–Kier alpha value is -1.81. The first kappa shape index (κ1) is 21.5. The topological polar surface area (TPSA) is 58.6 Å². The molecule has 1 atom stereocenters. The summed E-state index contributed by atoms with van der Waals surface area (Å²) in [6.07, 6.45) is 0. The number of nitrogens with one attached hydrogen (secondary N) is 1. The van der Waals surface area contributed by atoms with Gasteiger partial charge in [0.2, 0.25) is 10.0 Å². The summed E-state index contributed by atoms with van der Waals surface area (Å²) >= 11 is 0. The fourth-order valence-electron chi connectivity index (χ4n) is 3.01. The van der Waals surface area contributed by atoms with E-state index in [1.54, 1.807) is 24.3 Å². The Kier molecular flexibility index (Phi) is 6.74. The molecule has 2 aromatic rings. The number of rotatable bonds is 4. The molecule has 0 spiro atoms. The predicted molar refractivity (Wildman–Crippen MR) is 96.1 cm³/mol. The molecule has 1 unspecified atom stereocenters. The average molecular weight is 423 g/mol. The fraction of sp³-hybridized carbons (Fsp3) is 0.294. The molecular weight excluding hydrogens is 405 g/mol. The number of halogens is 4. The Bertz CT molecular complexity index is 928. The molecule has 0 aliphatic carbocycles. The lowest BCUT2D eigenvalue weighted by molar-refractivity contribution is 0.263. The van der Waals surface area contributed by atoms with Crippen molar-refractivity contribution < 1.29 is 26.3 Å². The van der Waals surface area contributed by atoms with Crippen molar-refractivity contribution in [1.29, 1.82) is 0 Å². The lowest BCUT2D eigenvalue weighted by Crippen LogP contribution is -2.48. The third-order valence-corrected chi connectivity index (χ3v) is 6.20. The minimum Gasteiger partial charge on any atom is -0.496 e. The molecular formula is C17H18ClF3N2O3S. The Labute approximate surface area is 161 Å². The van der Waals surface area contributed by atoms with Crippen LogP contribution in [0.15, 0.2) is 41.3 Å². The second kappa shape index (κ2) is 8.47. The summed E-state index contributed by atoms with van der Waals surface area (Å²) in [6, 6.07) is 7.53. The lowest BCUT2D eigenvalue weighted by Gasteiger charge is -2.36. The second-order valence-electron chi connectivity index (χ2n) is 5.75. The maximum absolute atomic E-state index is 14.1. The van der Waals surface area contributed by atoms with Crippen LogP contribution in [0, 0.1) is 17.5 Å². The van der Waals surface area contributed by atoms with Gasteiger partial charge in [-0.2, -0.15) is 4.31 Å². The molecule has 3 rings (SSSR count). The van der Waals surface area contributed by atoms with Gasteiger partial charge in [0.15, 0.2) is 17.5 Å². The molecule has 1 fully saturated rings. The Balaban J connectivity index is 0.00000261. The number of hydrogen-bond acceptors (Lipinski definition) is 4. The number of para-hydroxylation sites is 1. The third-order valence-electron chi connectivity index (χ3n) is 4.28. The van der Waals surface area contributed by atoms with Crippen LogP contribution in [0.25, 0.3) is 0 Å². The molecule has 148 valence electrons. The van der Waals surface area contributed by atoms with Crippen LogP contribution in [0.4, 0.5) is 13.2 Å². The van der Waals surface area contributed by atoms with Crippen molar-refractivity contribution in [3.8, 4) is 5.75 Å². The highest BCUT2D eigenvalue weighted by atomic mass is 35.5. The standard InChI is InChI=1S/C17H17F3N2O3S.ClH/c1-25-14-5-3-2-4-11(14)13-10-21-8-9-22(13)26(23,24)15-7-6-12(18)16(19)17(15)20;/h2-7,13,21H,8-10H2,1H3;1H. The summed E-state index contributed by atoms with van der Waals surface area (Å²) < 4.78 is 73.2. The molecule has 5 nitrogen and oxygen atoms in total. The van der Waals surface area contributed by atoms with Crippen LogP contribution in [0.3, 0.4) is 0 Å². The molecule has 1 heterocycles. The number of ether oxygens (including phenoxy) is 1. The van der Waals surface area contributed by atoms with E-state index in [4.69, 9.17) is 4.74 Å². The van der Waals surface area contributed by atoms with Crippen molar-refractivity contribution in [2.45, 2.75) is 10.9 Å². The largest absolute Gasteiger partial charge is 0.496 e. The van der Waals surface area contributed by atoms with Gasteiger partial charge in [-0.1, -0.05) is 18.2 Å². The molecule has 1 aliphatic rings. The number of methoxy groups -OCH3 is 1. The van der Waals surface area contributed by atoms with E-state index in [-0.39, 0.29) is 25.5 Å². The first-order valence-electron chi connectivity index (χ1n) is 7.87. The maximum atomic E-state index is 14.1. The van der Waals surface area contributed by atoms with Gasteiger partial charge in [-0.15, -0.1) is 12.4 Å². The first-order chi connectivity index (χ1) is 12.4. The van der Waals surface area contributed by atoms with Crippen molar-refractivity contribution in [2.24, 2.45) is 0 Å². The van der Waals surface area contributed by atoms with Crippen LogP contribution in [-0.2, 0) is 10.0 Å². The van der Waals surface area contributed by atoms with Crippen molar-refractivity contribution in [3.63, 3.8) is 0 Å². The lowest BCUT2D eigenvalue weighted by atomic mass is 10.0. The molecule has 1 aliphatic heterocycles. The van der Waals surface area contributed by atoms with Gasteiger partial charge in [0, 0.05) is 25.2 Å². The van der Waals surface area contributed by atoms with Crippen molar-refractivity contribution in [1.82, 2.24) is 9.62 Å². The SMILES string of the molecule is COc1ccccc1C1CNCCN1S(=O)(=O)c1ccc(F)c(F)c1F.Cl. The highest BCUT2D eigenvalue weighted by Crippen LogP contribution is 2.34. The normalized spacial score (nSPS) is 18.0. The molecule has 0 aromatic heterocycles. The zero-order chi connectivity index (χ0) is 18.9. The molecule has 0 saturated carbocycles. The van der Waals surface area contributed by atoms with E-state index in [1.807, 2.05) is 0 Å². The van der Waals surface area contributed by atoms with Gasteiger partial charge < -0.3 is 10.1 Å². The number of piperazine rings is 1. The molecule has 2 aromatic carbocycles. The summed E-state index contributed by atoms with van der Waals surface area (Å²) in [7, 11) is -2.94. The van der Waals surface area contributed by atoms with Gasteiger partial charge in [-0.25, -0.2) is 21.6 Å². The first-order valence-corrected chi connectivity index (χ1v) is 9.31. The smallest absolute Gasteiger partial charge is 0.246 e. The van der Waals surface area contributed by atoms with Gasteiger partial charge >= 0.3 is 0 Å². The third kappa shape index (κ3) is 3.91. The van der Waals surface area contributed by atoms with Crippen molar-refractivity contribution >= 4 is 22.4 Å². The van der Waals surface area contributed by atoms with Crippen LogP contribution in [-0.4, -0.2) is 39.5 Å². The number of benzene rings is 2. The zero-order valence-corrected chi connectivity index (χ0v) is 15.9. The molecule has 1 saturated heterocycles. The number of sulfonamides is 1. The quantitative estimate of drug-likeness (QED) is 0.770. The summed E-state index contributed by atoms with van der Waals surface area (Å²) in [5, 5.41) is 3.08. The van der Waals surface area contributed by atoms with E-state index in [1.165, 1.54) is 7.11 Å². The maximum Gasteiger partial charge on any atom is 0.246 e. The van der Waals surface area contributed by atoms with Crippen LogP contribution in [0.5, 0.6) is 5.75 Å². The van der Waals surface area contributed by atoms with E-state index in [0.717, 1.165) is 10.4 Å². The minimum absolute atomic E-state index is 0. The van der Waals surface area contributed by atoms with Gasteiger partial charge in [-0.3, -0.25) is 0 Å². The Morgan fingerprint density at radius 2 is 1.81 bits per heavy atom. The predicted octanol–water partition coefficient (Wildman–Crippen LogP) is 2.87. The minimum atomic E-state index is -4.40. The van der Waals surface area contributed by atoms with E-state index < -0.39 is 38.4 Å². The van der Waals surface area contributed by atoms with Gasteiger partial charge in [0.05, 0.1) is 13.2 Å². The van der Waals surface area contributed by atoms with E-state index in [9.17, 15) is 21.6 Å². The zero-order valence-electron chi connectivity index (χ0n) is 14.3. The summed E-state index contributed by atoms with van der Waals surface area (Å²) in [5.41, 5.74) is 0.591. The fourth-order valence-corrected chi connectivity index (χ4v) is 4.68.